The highest BCUT2D eigenvalue weighted by molar-refractivity contribution is 9.10. The Bertz CT molecular complexity index is 449. The Balaban J connectivity index is 3.00. The second kappa shape index (κ2) is 5.77. The van der Waals surface area contributed by atoms with Gasteiger partial charge in [-0.1, -0.05) is 6.08 Å². The summed E-state index contributed by atoms with van der Waals surface area (Å²) in [6, 6.07) is 0.178. The molecule has 0 bridgehead atoms. The molecule has 0 saturated carbocycles. The van der Waals surface area contributed by atoms with Gasteiger partial charge in [0.25, 0.3) is 5.69 Å². The van der Waals surface area contributed by atoms with Gasteiger partial charge in [-0.25, -0.2) is 4.98 Å². The molecule has 17 heavy (non-hydrogen) atoms. The molecule has 0 amide bonds. The first-order chi connectivity index (χ1) is 7.97. The number of halogens is 1. The smallest absolute Gasteiger partial charge is 0.291 e. The summed E-state index contributed by atoms with van der Waals surface area (Å²) >= 11 is 3.32. The van der Waals surface area contributed by atoms with Crippen LogP contribution in [0.2, 0.25) is 0 Å². The van der Waals surface area contributed by atoms with E-state index in [0.29, 0.717) is 15.9 Å². The van der Waals surface area contributed by atoms with Crippen LogP contribution in [0.4, 0.5) is 11.5 Å². The molecule has 0 spiro atoms. The van der Waals surface area contributed by atoms with Crippen molar-refractivity contribution in [3.05, 3.63) is 39.0 Å². The lowest BCUT2D eigenvalue weighted by molar-refractivity contribution is -0.385. The summed E-state index contributed by atoms with van der Waals surface area (Å²) in [5.74, 6) is 0.613. The Morgan fingerprint density at radius 2 is 2.41 bits per heavy atom. The van der Waals surface area contributed by atoms with Crippen LogP contribution in [0.15, 0.2) is 23.3 Å². The van der Waals surface area contributed by atoms with Gasteiger partial charge < -0.3 is 5.32 Å². The number of nitrogens with zero attached hydrogens (tertiary/aromatic N) is 2. The van der Waals surface area contributed by atoms with E-state index in [1.165, 1.54) is 6.20 Å². The first-order valence-electron chi connectivity index (χ1n) is 5.14. The van der Waals surface area contributed by atoms with E-state index in [9.17, 15) is 10.1 Å². The lowest BCUT2D eigenvalue weighted by Crippen LogP contribution is -2.15. The molecule has 1 aromatic rings. The second-order valence-corrected chi connectivity index (χ2v) is 4.55. The van der Waals surface area contributed by atoms with Crippen molar-refractivity contribution in [3.8, 4) is 0 Å². The number of hydrogen-bond donors (Lipinski definition) is 1. The molecule has 0 radical (unpaired) electrons. The summed E-state index contributed by atoms with van der Waals surface area (Å²) < 4.78 is 0.627. The fourth-order valence-electron chi connectivity index (χ4n) is 1.40. The van der Waals surface area contributed by atoms with Gasteiger partial charge in [-0.2, -0.15) is 0 Å². The van der Waals surface area contributed by atoms with Gasteiger partial charge in [0, 0.05) is 11.6 Å². The minimum absolute atomic E-state index is 0.0128. The van der Waals surface area contributed by atoms with Gasteiger partial charge in [0.1, 0.15) is 12.0 Å². The molecule has 0 aliphatic heterocycles. The molecule has 0 saturated heterocycles. The summed E-state index contributed by atoms with van der Waals surface area (Å²) in [6.45, 7) is 7.34. The maximum absolute atomic E-state index is 10.7. The minimum atomic E-state index is -0.440. The van der Waals surface area contributed by atoms with Crippen molar-refractivity contribution >= 4 is 27.4 Å². The average Bonchev–Trinajstić information content (AvgIpc) is 2.25. The van der Waals surface area contributed by atoms with Crippen LogP contribution in [-0.2, 0) is 0 Å². The predicted octanol–water partition coefficient (Wildman–Crippen LogP) is 3.44. The Hall–Kier alpha value is -1.43. The number of pyridine rings is 1. The molecule has 1 N–H and O–H groups in total. The van der Waals surface area contributed by atoms with Gasteiger partial charge in [0.05, 0.1) is 9.40 Å². The molecule has 1 aromatic heterocycles. The van der Waals surface area contributed by atoms with Crippen molar-refractivity contribution in [3.63, 3.8) is 0 Å². The number of nitro groups is 1. The van der Waals surface area contributed by atoms with E-state index in [0.717, 1.165) is 6.42 Å². The van der Waals surface area contributed by atoms with Crippen LogP contribution in [0.5, 0.6) is 0 Å². The molecule has 1 heterocycles. The van der Waals surface area contributed by atoms with Gasteiger partial charge in [-0.15, -0.1) is 6.58 Å². The van der Waals surface area contributed by atoms with Crippen LogP contribution in [-0.4, -0.2) is 15.9 Å². The van der Waals surface area contributed by atoms with Gasteiger partial charge >= 0.3 is 0 Å². The van der Waals surface area contributed by atoms with E-state index in [1.807, 2.05) is 13.0 Å². The maximum atomic E-state index is 10.7. The van der Waals surface area contributed by atoms with E-state index in [4.69, 9.17) is 0 Å². The largest absolute Gasteiger partial charge is 0.366 e. The molecule has 92 valence electrons. The molecular formula is C11H14BrN3O2. The first kappa shape index (κ1) is 13.6. The molecule has 0 aliphatic carbocycles. The van der Waals surface area contributed by atoms with Crippen LogP contribution in [0, 0.1) is 17.0 Å². The summed E-state index contributed by atoms with van der Waals surface area (Å²) in [5, 5.41) is 13.9. The van der Waals surface area contributed by atoms with Gasteiger partial charge in [0.15, 0.2) is 0 Å². The Morgan fingerprint density at radius 3 is 2.94 bits per heavy atom. The SMILES string of the molecule is C=CCC(C)Nc1ncc([N+](=O)[O-])c(C)c1Br. The molecular weight excluding hydrogens is 286 g/mol. The van der Waals surface area contributed by atoms with Crippen LogP contribution in [0.1, 0.15) is 18.9 Å². The van der Waals surface area contributed by atoms with Crippen LogP contribution >= 0.6 is 15.9 Å². The number of rotatable bonds is 5. The van der Waals surface area contributed by atoms with E-state index >= 15 is 0 Å². The predicted molar refractivity (Wildman–Crippen MR) is 71.2 cm³/mol. The third kappa shape index (κ3) is 3.26. The van der Waals surface area contributed by atoms with E-state index in [2.05, 4.69) is 32.8 Å². The number of anilines is 1. The van der Waals surface area contributed by atoms with Crippen molar-refractivity contribution < 1.29 is 4.92 Å². The Morgan fingerprint density at radius 1 is 1.76 bits per heavy atom. The van der Waals surface area contributed by atoms with Crippen molar-refractivity contribution in [2.75, 3.05) is 5.32 Å². The normalized spacial score (nSPS) is 11.9. The zero-order valence-corrected chi connectivity index (χ0v) is 11.3. The summed E-state index contributed by atoms with van der Waals surface area (Å²) in [5.41, 5.74) is 0.581. The average molecular weight is 300 g/mol. The summed E-state index contributed by atoms with van der Waals surface area (Å²) in [7, 11) is 0. The van der Waals surface area contributed by atoms with Crippen LogP contribution in [0.25, 0.3) is 0 Å². The molecule has 5 nitrogen and oxygen atoms in total. The monoisotopic (exact) mass is 299 g/mol. The van der Waals surface area contributed by atoms with Crippen molar-refractivity contribution in [2.24, 2.45) is 0 Å². The fourth-order valence-corrected chi connectivity index (χ4v) is 1.82. The standard InChI is InChI=1S/C11H14BrN3O2/c1-4-5-7(2)14-11-10(12)8(3)9(6-13-11)15(16)17/h4,6-7H,1,5H2,2-3H3,(H,13,14). The molecule has 0 aromatic carbocycles. The van der Waals surface area contributed by atoms with E-state index in [1.54, 1.807) is 6.92 Å². The second-order valence-electron chi connectivity index (χ2n) is 3.76. The Labute approximate surface area is 108 Å². The van der Waals surface area contributed by atoms with Crippen LogP contribution < -0.4 is 5.32 Å². The van der Waals surface area contributed by atoms with Gasteiger partial charge in [-0.3, -0.25) is 10.1 Å². The number of aromatic nitrogens is 1. The highest BCUT2D eigenvalue weighted by Gasteiger charge is 2.17. The number of nitrogens with one attached hydrogen (secondary N) is 1. The molecule has 1 rings (SSSR count). The Kier molecular flexibility index (Phi) is 4.62. The zero-order chi connectivity index (χ0) is 13.0. The molecule has 0 aliphatic rings. The first-order valence-corrected chi connectivity index (χ1v) is 5.93. The molecule has 1 unspecified atom stereocenters. The van der Waals surface area contributed by atoms with Crippen LogP contribution in [0.3, 0.4) is 0 Å². The highest BCUT2D eigenvalue weighted by Crippen LogP contribution is 2.30. The van der Waals surface area contributed by atoms with E-state index < -0.39 is 4.92 Å². The van der Waals surface area contributed by atoms with Crippen molar-refractivity contribution in [2.45, 2.75) is 26.3 Å². The summed E-state index contributed by atoms with van der Waals surface area (Å²) in [4.78, 5) is 14.3. The molecule has 1 atom stereocenters. The third-order valence-electron chi connectivity index (χ3n) is 2.34. The van der Waals surface area contributed by atoms with Gasteiger partial charge in [0.2, 0.25) is 0 Å². The molecule has 6 heteroatoms. The van der Waals surface area contributed by atoms with Gasteiger partial charge in [-0.05, 0) is 36.2 Å². The van der Waals surface area contributed by atoms with E-state index in [-0.39, 0.29) is 11.7 Å². The topological polar surface area (TPSA) is 68.1 Å². The maximum Gasteiger partial charge on any atom is 0.291 e. The lowest BCUT2D eigenvalue weighted by Gasteiger charge is -2.14. The number of hydrogen-bond acceptors (Lipinski definition) is 4. The summed E-state index contributed by atoms with van der Waals surface area (Å²) in [6.07, 6.45) is 3.87. The third-order valence-corrected chi connectivity index (χ3v) is 3.31. The molecule has 0 fully saturated rings. The quantitative estimate of drug-likeness (QED) is 0.514. The lowest BCUT2D eigenvalue weighted by atomic mass is 10.2. The minimum Gasteiger partial charge on any atom is -0.366 e. The fraction of sp³-hybridized carbons (Fsp3) is 0.364. The highest BCUT2D eigenvalue weighted by atomic mass is 79.9. The van der Waals surface area contributed by atoms with Crippen molar-refractivity contribution in [1.82, 2.24) is 4.98 Å². The zero-order valence-electron chi connectivity index (χ0n) is 9.74. The van der Waals surface area contributed by atoms with Crippen molar-refractivity contribution in [1.29, 1.82) is 0 Å².